The highest BCUT2D eigenvalue weighted by Gasteiger charge is 2.03. The lowest BCUT2D eigenvalue weighted by atomic mass is 10.3. The maximum atomic E-state index is 4.16. The Morgan fingerprint density at radius 2 is 2.25 bits per heavy atom. The molecule has 0 fully saturated rings. The fraction of sp³-hybridized carbons (Fsp3) is 0.375. The van der Waals surface area contributed by atoms with E-state index >= 15 is 0 Å². The molecule has 0 aliphatic heterocycles. The van der Waals surface area contributed by atoms with Crippen LogP contribution in [0, 0.1) is 6.92 Å². The van der Waals surface area contributed by atoms with Gasteiger partial charge in [0.15, 0.2) is 5.82 Å². The summed E-state index contributed by atoms with van der Waals surface area (Å²) in [7, 11) is 1.82. The van der Waals surface area contributed by atoms with E-state index in [1.54, 1.807) is 6.21 Å². The van der Waals surface area contributed by atoms with Gasteiger partial charge in [0.25, 0.3) is 0 Å². The van der Waals surface area contributed by atoms with Crippen molar-refractivity contribution in [3.63, 3.8) is 0 Å². The Morgan fingerprint density at radius 3 is 2.83 bits per heavy atom. The van der Waals surface area contributed by atoms with Gasteiger partial charge in [-0.3, -0.25) is 4.99 Å². The largest absolute Gasteiger partial charge is 0.371 e. The highest BCUT2D eigenvalue weighted by atomic mass is 15.0. The molecule has 0 saturated heterocycles. The van der Waals surface area contributed by atoms with E-state index in [2.05, 4.69) is 20.3 Å². The van der Waals surface area contributed by atoms with Crippen LogP contribution in [0.1, 0.15) is 12.6 Å². The van der Waals surface area contributed by atoms with Gasteiger partial charge in [-0.1, -0.05) is 0 Å². The number of aliphatic imine (C=N–C) groups is 1. The average molecular weight is 164 g/mol. The maximum absolute atomic E-state index is 4.16. The van der Waals surface area contributed by atoms with E-state index in [-0.39, 0.29) is 0 Å². The third kappa shape index (κ3) is 1.58. The maximum Gasteiger partial charge on any atom is 0.155 e. The summed E-state index contributed by atoms with van der Waals surface area (Å²) in [5, 5.41) is 2.96. The number of anilines is 1. The zero-order chi connectivity index (χ0) is 8.97. The Balaban J connectivity index is 3.19. The van der Waals surface area contributed by atoms with E-state index in [0.29, 0.717) is 0 Å². The van der Waals surface area contributed by atoms with Crippen LogP contribution in [-0.4, -0.2) is 23.2 Å². The van der Waals surface area contributed by atoms with E-state index in [1.165, 1.54) is 6.33 Å². The van der Waals surface area contributed by atoms with Crippen molar-refractivity contribution in [1.29, 1.82) is 0 Å². The van der Waals surface area contributed by atoms with Crippen LogP contribution in [0.3, 0.4) is 0 Å². The van der Waals surface area contributed by atoms with E-state index in [4.69, 9.17) is 0 Å². The van der Waals surface area contributed by atoms with Gasteiger partial charge in [-0.05, 0) is 13.8 Å². The Bertz CT molecular complexity index is 293. The molecule has 0 aliphatic carbocycles. The molecule has 12 heavy (non-hydrogen) atoms. The summed E-state index contributed by atoms with van der Waals surface area (Å²) < 4.78 is 0. The number of aryl methyl sites for hydroxylation is 1. The number of rotatable bonds is 2. The summed E-state index contributed by atoms with van der Waals surface area (Å²) in [6.45, 7) is 3.77. The van der Waals surface area contributed by atoms with Crippen LogP contribution in [0.4, 0.5) is 11.5 Å². The van der Waals surface area contributed by atoms with Gasteiger partial charge in [-0.25, -0.2) is 9.97 Å². The second-order valence-electron chi connectivity index (χ2n) is 2.29. The minimum absolute atomic E-state index is 0.764. The van der Waals surface area contributed by atoms with Crippen LogP contribution >= 0.6 is 0 Å². The number of nitrogens with one attached hydrogen (secondary N) is 1. The van der Waals surface area contributed by atoms with Crippen molar-refractivity contribution < 1.29 is 0 Å². The highest BCUT2D eigenvalue weighted by Crippen LogP contribution is 2.23. The van der Waals surface area contributed by atoms with Crippen molar-refractivity contribution in [2.45, 2.75) is 13.8 Å². The summed E-state index contributed by atoms with van der Waals surface area (Å²) in [6.07, 6.45) is 3.25. The van der Waals surface area contributed by atoms with Gasteiger partial charge >= 0.3 is 0 Å². The lowest BCUT2D eigenvalue weighted by Gasteiger charge is -2.04. The summed E-state index contributed by atoms with van der Waals surface area (Å²) in [6, 6.07) is 0. The van der Waals surface area contributed by atoms with Gasteiger partial charge in [-0.2, -0.15) is 0 Å². The quantitative estimate of drug-likeness (QED) is 0.674. The van der Waals surface area contributed by atoms with Crippen molar-refractivity contribution >= 4 is 17.7 Å². The van der Waals surface area contributed by atoms with Crippen molar-refractivity contribution in [2.24, 2.45) is 4.99 Å². The second kappa shape index (κ2) is 3.80. The molecule has 0 radical (unpaired) electrons. The number of hydrogen-bond acceptors (Lipinski definition) is 4. The molecule has 0 unspecified atom stereocenters. The van der Waals surface area contributed by atoms with E-state index in [9.17, 15) is 0 Å². The molecule has 0 spiro atoms. The minimum Gasteiger partial charge on any atom is -0.371 e. The summed E-state index contributed by atoms with van der Waals surface area (Å²) in [5.41, 5.74) is 1.69. The van der Waals surface area contributed by atoms with Crippen LogP contribution in [0.15, 0.2) is 11.3 Å². The van der Waals surface area contributed by atoms with Crippen molar-refractivity contribution in [3.8, 4) is 0 Å². The molecule has 64 valence electrons. The van der Waals surface area contributed by atoms with Gasteiger partial charge in [-0.15, -0.1) is 0 Å². The van der Waals surface area contributed by atoms with Crippen LogP contribution in [0.25, 0.3) is 0 Å². The molecule has 0 amide bonds. The number of hydrogen-bond donors (Lipinski definition) is 1. The molecule has 4 nitrogen and oxygen atoms in total. The van der Waals surface area contributed by atoms with Crippen LogP contribution in [-0.2, 0) is 0 Å². The molecular formula is C8H12N4. The molecule has 0 bridgehead atoms. The van der Waals surface area contributed by atoms with Crippen LogP contribution in [0.2, 0.25) is 0 Å². The minimum atomic E-state index is 0.764. The smallest absolute Gasteiger partial charge is 0.155 e. The molecule has 0 aliphatic rings. The van der Waals surface area contributed by atoms with Crippen LogP contribution in [0.5, 0.6) is 0 Å². The Hall–Kier alpha value is -1.45. The molecule has 1 heterocycles. The van der Waals surface area contributed by atoms with Gasteiger partial charge in [0, 0.05) is 13.3 Å². The van der Waals surface area contributed by atoms with Gasteiger partial charge in [0.2, 0.25) is 0 Å². The zero-order valence-electron chi connectivity index (χ0n) is 7.50. The first-order chi connectivity index (χ1) is 5.79. The second-order valence-corrected chi connectivity index (χ2v) is 2.29. The SMILES string of the molecule is CC=Nc1c(C)ncnc1NC. The Morgan fingerprint density at radius 1 is 1.50 bits per heavy atom. The Labute approximate surface area is 71.8 Å². The lowest BCUT2D eigenvalue weighted by Crippen LogP contribution is -1.95. The number of nitrogens with zero attached hydrogens (tertiary/aromatic N) is 3. The molecule has 1 aromatic heterocycles. The lowest BCUT2D eigenvalue weighted by molar-refractivity contribution is 1.09. The summed E-state index contributed by atoms with van der Waals surface area (Å²) in [4.78, 5) is 12.2. The molecule has 0 saturated carbocycles. The molecule has 0 aromatic carbocycles. The van der Waals surface area contributed by atoms with E-state index in [0.717, 1.165) is 17.2 Å². The molecule has 0 atom stereocenters. The van der Waals surface area contributed by atoms with E-state index in [1.807, 2.05) is 20.9 Å². The fourth-order valence-corrected chi connectivity index (χ4v) is 0.933. The van der Waals surface area contributed by atoms with Crippen LogP contribution < -0.4 is 5.32 Å². The zero-order valence-corrected chi connectivity index (χ0v) is 7.50. The standard InChI is InChI=1S/C8H12N4/c1-4-10-7-6(2)11-5-12-8(7)9-3/h4-5H,1-3H3,(H,9,11,12). The predicted molar refractivity (Wildman–Crippen MR) is 50.1 cm³/mol. The van der Waals surface area contributed by atoms with E-state index < -0.39 is 0 Å². The highest BCUT2D eigenvalue weighted by molar-refractivity contribution is 5.69. The fourth-order valence-electron chi connectivity index (χ4n) is 0.933. The molecular weight excluding hydrogens is 152 g/mol. The molecule has 1 aromatic rings. The van der Waals surface area contributed by atoms with Gasteiger partial charge in [0.1, 0.15) is 12.0 Å². The first-order valence-electron chi connectivity index (χ1n) is 3.77. The number of aromatic nitrogens is 2. The normalized spacial score (nSPS) is 10.6. The third-order valence-electron chi connectivity index (χ3n) is 1.50. The predicted octanol–water partition coefficient (Wildman–Crippen LogP) is 1.55. The average Bonchev–Trinajstić information content (AvgIpc) is 2.09. The van der Waals surface area contributed by atoms with Crippen molar-refractivity contribution in [1.82, 2.24) is 9.97 Å². The molecule has 1 rings (SSSR count). The molecule has 1 N–H and O–H groups in total. The summed E-state index contributed by atoms with van der Waals surface area (Å²) in [5.74, 6) is 0.764. The summed E-state index contributed by atoms with van der Waals surface area (Å²) >= 11 is 0. The first kappa shape index (κ1) is 8.64. The van der Waals surface area contributed by atoms with Gasteiger partial charge in [0.05, 0.1) is 5.69 Å². The topological polar surface area (TPSA) is 50.2 Å². The third-order valence-corrected chi connectivity index (χ3v) is 1.50. The van der Waals surface area contributed by atoms with Crippen molar-refractivity contribution in [3.05, 3.63) is 12.0 Å². The molecule has 4 heteroatoms. The van der Waals surface area contributed by atoms with Crippen molar-refractivity contribution in [2.75, 3.05) is 12.4 Å². The monoisotopic (exact) mass is 164 g/mol. The first-order valence-corrected chi connectivity index (χ1v) is 3.77. The Kier molecular flexibility index (Phi) is 2.74. The van der Waals surface area contributed by atoms with Gasteiger partial charge < -0.3 is 5.32 Å².